The minimum atomic E-state index is -1.50. The molecule has 4 heterocycles. The first-order chi connectivity index (χ1) is 15.8. The Balaban J connectivity index is 1.45. The summed E-state index contributed by atoms with van der Waals surface area (Å²) in [7, 11) is 1.67. The predicted octanol–water partition coefficient (Wildman–Crippen LogP) is 5.39. The zero-order chi connectivity index (χ0) is 23.3. The van der Waals surface area contributed by atoms with Gasteiger partial charge in [0.25, 0.3) is 5.91 Å². The van der Waals surface area contributed by atoms with Crippen LogP contribution in [-0.2, 0) is 13.5 Å². The van der Waals surface area contributed by atoms with Crippen LogP contribution in [0.2, 0.25) is 0 Å². The van der Waals surface area contributed by atoms with E-state index < -0.39 is 17.5 Å². The predicted molar refractivity (Wildman–Crippen MR) is 119 cm³/mol. The Bertz CT molecular complexity index is 1340. The first-order valence-corrected chi connectivity index (χ1v) is 11.2. The number of hydrogen-bond acceptors (Lipinski definition) is 4. The first kappa shape index (κ1) is 21.4. The van der Waals surface area contributed by atoms with Crippen LogP contribution in [0.3, 0.4) is 0 Å². The van der Waals surface area contributed by atoms with Crippen LogP contribution in [0.5, 0.6) is 0 Å². The summed E-state index contributed by atoms with van der Waals surface area (Å²) in [6.45, 7) is 2.31. The Kier molecular flexibility index (Phi) is 5.28. The van der Waals surface area contributed by atoms with E-state index in [1.807, 2.05) is 31.2 Å². The van der Waals surface area contributed by atoms with E-state index >= 15 is 0 Å². The number of pyridine rings is 1. The highest BCUT2D eigenvalue weighted by atomic mass is 32.1. The van der Waals surface area contributed by atoms with Crippen LogP contribution >= 0.6 is 11.3 Å². The Morgan fingerprint density at radius 3 is 2.58 bits per heavy atom. The number of amides is 1. The Morgan fingerprint density at radius 2 is 1.88 bits per heavy atom. The topological polar surface area (TPSA) is 51.0 Å². The van der Waals surface area contributed by atoms with Gasteiger partial charge >= 0.3 is 0 Å². The van der Waals surface area contributed by atoms with E-state index in [-0.39, 0.29) is 17.5 Å². The van der Waals surface area contributed by atoms with Crippen LogP contribution in [0.4, 0.5) is 13.2 Å². The molecule has 1 amide bonds. The average molecular weight is 469 g/mol. The largest absolute Gasteiger partial charge is 0.329 e. The number of thiophene rings is 1. The van der Waals surface area contributed by atoms with E-state index in [4.69, 9.17) is 0 Å². The van der Waals surface area contributed by atoms with Crippen molar-refractivity contribution in [2.75, 3.05) is 6.54 Å². The normalized spacial score (nSPS) is 15.5. The number of rotatable bonds is 3. The highest BCUT2D eigenvalue weighted by Crippen LogP contribution is 2.37. The summed E-state index contributed by atoms with van der Waals surface area (Å²) in [5, 5.41) is 4.55. The maximum Gasteiger partial charge on any atom is 0.264 e. The van der Waals surface area contributed by atoms with Crippen molar-refractivity contribution < 1.29 is 18.0 Å². The monoisotopic (exact) mass is 468 g/mol. The molecule has 1 aromatic carbocycles. The molecule has 0 radical (unpaired) electrons. The Labute approximate surface area is 192 Å². The lowest BCUT2D eigenvalue weighted by molar-refractivity contribution is 0.0678. The molecule has 0 bridgehead atoms. The quantitative estimate of drug-likeness (QED) is 0.379. The fourth-order valence-electron chi connectivity index (χ4n) is 4.32. The second kappa shape index (κ2) is 8.15. The average Bonchev–Trinajstić information content (AvgIpc) is 3.43. The van der Waals surface area contributed by atoms with Crippen molar-refractivity contribution in [1.82, 2.24) is 19.7 Å². The standard InChI is InChI=1S/C24H19F3N4OS/c1-13-22-15(23(30(2)29-22)14-11-16(25)21(27)17(26)12-14)8-10-31(13)24(32)20-7-6-19(33-20)18-5-3-4-9-28-18/h3-7,9,11-13H,8,10H2,1-2H3/t13-/m0/s1. The van der Waals surface area contributed by atoms with Crippen molar-refractivity contribution in [3.63, 3.8) is 0 Å². The van der Waals surface area contributed by atoms with Gasteiger partial charge in [-0.05, 0) is 49.7 Å². The van der Waals surface area contributed by atoms with E-state index in [9.17, 15) is 18.0 Å². The number of carbonyl (C=O) groups is 1. The molecule has 3 aromatic heterocycles. The number of hydrogen-bond donors (Lipinski definition) is 0. The molecular formula is C24H19F3N4OS. The summed E-state index contributed by atoms with van der Waals surface area (Å²) in [5.41, 5.74) is 3.02. The van der Waals surface area contributed by atoms with Crippen molar-refractivity contribution in [1.29, 1.82) is 0 Å². The molecule has 5 nitrogen and oxygen atoms in total. The molecule has 0 saturated heterocycles. The van der Waals surface area contributed by atoms with Crippen LogP contribution in [0.1, 0.15) is 33.9 Å². The molecule has 0 unspecified atom stereocenters. The molecule has 5 rings (SSSR count). The van der Waals surface area contributed by atoms with E-state index in [1.165, 1.54) is 16.0 Å². The van der Waals surface area contributed by atoms with Gasteiger partial charge in [-0.1, -0.05) is 6.07 Å². The minimum absolute atomic E-state index is 0.105. The van der Waals surface area contributed by atoms with E-state index in [0.717, 1.165) is 28.3 Å². The van der Waals surface area contributed by atoms with Gasteiger partial charge in [0, 0.05) is 30.9 Å². The molecule has 0 aliphatic carbocycles. The van der Waals surface area contributed by atoms with Crippen LogP contribution < -0.4 is 0 Å². The van der Waals surface area contributed by atoms with Crippen molar-refractivity contribution in [2.24, 2.45) is 7.05 Å². The maximum atomic E-state index is 13.9. The number of carbonyl (C=O) groups excluding carboxylic acids is 1. The number of nitrogens with zero attached hydrogens (tertiary/aromatic N) is 4. The molecule has 0 spiro atoms. The molecule has 9 heteroatoms. The first-order valence-electron chi connectivity index (χ1n) is 10.4. The molecule has 168 valence electrons. The zero-order valence-corrected chi connectivity index (χ0v) is 18.7. The molecule has 1 atom stereocenters. The molecule has 4 aromatic rings. The third-order valence-electron chi connectivity index (χ3n) is 5.89. The third-order valence-corrected chi connectivity index (χ3v) is 6.99. The minimum Gasteiger partial charge on any atom is -0.329 e. The highest BCUT2D eigenvalue weighted by Gasteiger charge is 2.34. The van der Waals surface area contributed by atoms with Gasteiger partial charge in [-0.2, -0.15) is 5.10 Å². The fraction of sp³-hybridized carbons (Fsp3) is 0.208. The molecule has 0 N–H and O–H groups in total. The molecule has 0 fully saturated rings. The lowest BCUT2D eigenvalue weighted by Gasteiger charge is -2.32. The molecule has 1 aliphatic rings. The van der Waals surface area contributed by atoms with Gasteiger partial charge < -0.3 is 4.90 Å². The maximum absolute atomic E-state index is 13.9. The molecule has 0 saturated carbocycles. The van der Waals surface area contributed by atoms with Crippen molar-refractivity contribution >= 4 is 17.2 Å². The number of aryl methyl sites for hydroxylation is 1. The summed E-state index contributed by atoms with van der Waals surface area (Å²) in [4.78, 5) is 20.9. The van der Waals surface area contributed by atoms with Crippen LogP contribution in [0, 0.1) is 17.5 Å². The van der Waals surface area contributed by atoms with Crippen molar-refractivity contribution in [2.45, 2.75) is 19.4 Å². The van der Waals surface area contributed by atoms with Gasteiger partial charge in [0.2, 0.25) is 0 Å². The van der Waals surface area contributed by atoms with Crippen LogP contribution in [0.15, 0.2) is 48.7 Å². The number of benzene rings is 1. The van der Waals surface area contributed by atoms with Crippen molar-refractivity contribution in [3.8, 4) is 21.8 Å². The summed E-state index contributed by atoms with van der Waals surface area (Å²) < 4.78 is 42.7. The van der Waals surface area contributed by atoms with E-state index in [1.54, 1.807) is 24.2 Å². The van der Waals surface area contributed by atoms with E-state index in [0.29, 0.717) is 29.2 Å². The van der Waals surface area contributed by atoms with Gasteiger partial charge in [-0.15, -0.1) is 11.3 Å². The SMILES string of the molecule is C[C@H]1c2nn(C)c(-c3cc(F)c(F)c(F)c3)c2CCN1C(=O)c1ccc(-c2ccccn2)s1. The number of aromatic nitrogens is 3. The second-order valence-electron chi connectivity index (χ2n) is 7.89. The van der Waals surface area contributed by atoms with E-state index in [2.05, 4.69) is 10.1 Å². The number of halogens is 3. The zero-order valence-electron chi connectivity index (χ0n) is 17.8. The summed E-state index contributed by atoms with van der Waals surface area (Å²) in [6, 6.07) is 10.9. The van der Waals surface area contributed by atoms with Crippen LogP contribution in [0.25, 0.3) is 21.8 Å². The highest BCUT2D eigenvalue weighted by molar-refractivity contribution is 7.17. The van der Waals surface area contributed by atoms with Crippen LogP contribution in [-0.4, -0.2) is 32.1 Å². The molecule has 1 aliphatic heterocycles. The molecule has 33 heavy (non-hydrogen) atoms. The van der Waals surface area contributed by atoms with Gasteiger partial charge in [0.15, 0.2) is 17.5 Å². The Hall–Kier alpha value is -3.46. The fourth-order valence-corrected chi connectivity index (χ4v) is 5.25. The van der Waals surface area contributed by atoms with Gasteiger partial charge in [-0.25, -0.2) is 13.2 Å². The number of fused-ring (bicyclic) bond motifs is 1. The van der Waals surface area contributed by atoms with Gasteiger partial charge in [-0.3, -0.25) is 14.5 Å². The molecular weight excluding hydrogens is 449 g/mol. The summed E-state index contributed by atoms with van der Waals surface area (Å²) in [5.74, 6) is -4.10. The summed E-state index contributed by atoms with van der Waals surface area (Å²) >= 11 is 1.38. The summed E-state index contributed by atoms with van der Waals surface area (Å²) in [6.07, 6.45) is 2.18. The van der Waals surface area contributed by atoms with Gasteiger partial charge in [0.1, 0.15) is 0 Å². The Morgan fingerprint density at radius 1 is 1.12 bits per heavy atom. The third kappa shape index (κ3) is 3.62. The van der Waals surface area contributed by atoms with Gasteiger partial charge in [0.05, 0.1) is 32.9 Å². The second-order valence-corrected chi connectivity index (χ2v) is 8.98. The smallest absolute Gasteiger partial charge is 0.264 e. The lowest BCUT2D eigenvalue weighted by atomic mass is 9.95. The van der Waals surface area contributed by atoms with Crippen molar-refractivity contribution in [3.05, 3.63) is 82.2 Å². The lowest BCUT2D eigenvalue weighted by Crippen LogP contribution is -2.38.